The Balaban J connectivity index is 2.39. The van der Waals surface area contributed by atoms with Gasteiger partial charge in [0.2, 0.25) is 0 Å². The zero-order valence-electron chi connectivity index (χ0n) is 17.8. The van der Waals surface area contributed by atoms with Crippen molar-refractivity contribution in [3.8, 4) is 5.75 Å². The van der Waals surface area contributed by atoms with Crippen LogP contribution in [0.1, 0.15) is 36.2 Å². The third-order valence-electron chi connectivity index (χ3n) is 4.96. The largest absolute Gasteiger partial charge is 0.507 e. The summed E-state index contributed by atoms with van der Waals surface area (Å²) in [6.07, 6.45) is 0.654. The van der Waals surface area contributed by atoms with Crippen LogP contribution >= 0.6 is 0 Å². The monoisotopic (exact) mass is 451 g/mol. The Bertz CT molecular complexity index is 867. The number of rotatable bonds is 5. The van der Waals surface area contributed by atoms with Gasteiger partial charge in [-0.2, -0.15) is 0 Å². The zero-order valence-corrected chi connectivity index (χ0v) is 17.8. The van der Waals surface area contributed by atoms with E-state index in [2.05, 4.69) is 5.48 Å². The van der Waals surface area contributed by atoms with Gasteiger partial charge in [0.1, 0.15) is 36.2 Å². The minimum absolute atomic E-state index is 0.0984. The van der Waals surface area contributed by atoms with E-state index in [-0.39, 0.29) is 35.8 Å². The molecule has 0 spiro atoms. The Morgan fingerprint density at radius 2 is 1.94 bits per heavy atom. The number of aromatic hydroxyl groups is 1. The van der Waals surface area contributed by atoms with Crippen LogP contribution in [0.4, 0.5) is 5.69 Å². The number of carbonyl (C=O) groups excluding carboxylic acids is 2. The lowest BCUT2D eigenvalue weighted by Gasteiger charge is -2.20. The number of esters is 1. The number of aliphatic hydroxyl groups excluding tert-OH is 4. The van der Waals surface area contributed by atoms with E-state index in [4.69, 9.17) is 14.7 Å². The summed E-state index contributed by atoms with van der Waals surface area (Å²) in [5.41, 5.74) is 2.85. The molecule has 1 aliphatic rings. The molecule has 5 atom stereocenters. The normalized spacial score (nSPS) is 27.6. The van der Waals surface area contributed by atoms with Crippen LogP contribution in [0.2, 0.25) is 0 Å². The van der Waals surface area contributed by atoms with Gasteiger partial charge in [-0.05, 0) is 31.1 Å². The number of phenols is 1. The minimum atomic E-state index is -1.61. The van der Waals surface area contributed by atoms with Gasteiger partial charge in [-0.3, -0.25) is 15.1 Å². The molecule has 1 aliphatic heterocycles. The van der Waals surface area contributed by atoms with E-state index >= 15 is 0 Å². The molecular weight excluding hydrogens is 422 g/mol. The molecule has 32 heavy (non-hydrogen) atoms. The molecule has 0 saturated heterocycles. The molecule has 1 heterocycles. The fourth-order valence-electron chi connectivity index (χ4n) is 2.83. The minimum Gasteiger partial charge on any atom is -0.507 e. The van der Waals surface area contributed by atoms with Crippen molar-refractivity contribution in [3.05, 3.63) is 41.5 Å². The average Bonchev–Trinajstić information content (AvgIpc) is 2.75. The van der Waals surface area contributed by atoms with Crippen LogP contribution in [-0.4, -0.2) is 74.9 Å². The predicted octanol–water partition coefficient (Wildman–Crippen LogP) is 0.534. The molecule has 0 aromatic heterocycles. The van der Waals surface area contributed by atoms with Crippen LogP contribution in [0.5, 0.6) is 5.75 Å². The first-order valence-electron chi connectivity index (χ1n) is 10.1. The van der Waals surface area contributed by atoms with Gasteiger partial charge in [0.15, 0.2) is 5.78 Å². The summed E-state index contributed by atoms with van der Waals surface area (Å²) in [7, 11) is 0. The summed E-state index contributed by atoms with van der Waals surface area (Å²) in [6.45, 7) is 2.61. The molecule has 2 rings (SSSR count). The first-order valence-corrected chi connectivity index (χ1v) is 10.1. The summed E-state index contributed by atoms with van der Waals surface area (Å²) in [5.74, 6) is -2.24. The van der Waals surface area contributed by atoms with Gasteiger partial charge in [-0.25, -0.2) is 4.79 Å². The lowest BCUT2D eigenvalue weighted by molar-refractivity contribution is -0.127. The van der Waals surface area contributed by atoms with Gasteiger partial charge >= 0.3 is 5.97 Å². The number of ketones is 1. The standard InChI is InChI=1S/C22H29NO9/c1-12-6-7-18(27)21(29)17(26)5-3-4-14-8-15(23-31-11-16(25)10-24)9-19(28)20(14)22(30)32-13(12)2/h3-4,6-9,12-13,16-17,21,23-26,28-29H,5,10-11H2,1-2H3/b4-3+,7-6-/t12-,13+,16?,17+,21+/m1/s1. The fourth-order valence-corrected chi connectivity index (χ4v) is 2.83. The van der Waals surface area contributed by atoms with Crippen molar-refractivity contribution in [3.63, 3.8) is 0 Å². The number of nitrogens with one attached hydrogen (secondary N) is 1. The molecule has 1 unspecified atom stereocenters. The Morgan fingerprint density at radius 3 is 2.62 bits per heavy atom. The molecule has 10 nitrogen and oxygen atoms in total. The summed E-state index contributed by atoms with van der Waals surface area (Å²) >= 11 is 0. The fraction of sp³-hybridized carbons (Fsp3) is 0.455. The number of fused-ring (bicyclic) bond motifs is 1. The highest BCUT2D eigenvalue weighted by Gasteiger charge is 2.25. The van der Waals surface area contributed by atoms with Crippen molar-refractivity contribution in [2.45, 2.75) is 44.7 Å². The number of anilines is 1. The van der Waals surface area contributed by atoms with Crippen LogP contribution in [0.25, 0.3) is 6.08 Å². The van der Waals surface area contributed by atoms with Gasteiger partial charge < -0.3 is 30.3 Å². The highest BCUT2D eigenvalue weighted by molar-refractivity contribution is 5.97. The maximum absolute atomic E-state index is 12.8. The van der Waals surface area contributed by atoms with Crippen molar-refractivity contribution in [2.75, 3.05) is 18.7 Å². The van der Waals surface area contributed by atoms with Crippen LogP contribution in [0.15, 0.2) is 30.4 Å². The second kappa shape index (κ2) is 11.7. The van der Waals surface area contributed by atoms with Crippen molar-refractivity contribution in [2.24, 2.45) is 5.92 Å². The number of hydrogen-bond acceptors (Lipinski definition) is 10. The second-order valence-corrected chi connectivity index (χ2v) is 7.59. The number of aliphatic hydroxyl groups is 4. The zero-order chi connectivity index (χ0) is 23.8. The lowest BCUT2D eigenvalue weighted by atomic mass is 9.99. The molecular formula is C22H29NO9. The van der Waals surface area contributed by atoms with Gasteiger partial charge in [0.25, 0.3) is 0 Å². The third kappa shape index (κ3) is 6.87. The topological polar surface area (TPSA) is 166 Å². The number of ether oxygens (including phenoxy) is 1. The molecule has 0 radical (unpaired) electrons. The van der Waals surface area contributed by atoms with Crippen molar-refractivity contribution < 1.29 is 44.7 Å². The van der Waals surface area contributed by atoms with Crippen molar-refractivity contribution in [1.29, 1.82) is 0 Å². The Kier molecular flexibility index (Phi) is 9.36. The quantitative estimate of drug-likeness (QED) is 0.275. The number of hydrogen-bond donors (Lipinski definition) is 6. The average molecular weight is 451 g/mol. The molecule has 176 valence electrons. The molecule has 0 saturated carbocycles. The molecule has 6 N–H and O–H groups in total. The number of cyclic esters (lactones) is 1. The molecule has 1 aromatic rings. The molecule has 0 fully saturated rings. The van der Waals surface area contributed by atoms with E-state index in [1.807, 2.05) is 0 Å². The van der Waals surface area contributed by atoms with Gasteiger partial charge in [-0.1, -0.05) is 25.2 Å². The van der Waals surface area contributed by atoms with E-state index in [9.17, 15) is 30.0 Å². The highest BCUT2D eigenvalue weighted by Crippen LogP contribution is 2.30. The molecule has 0 bridgehead atoms. The first-order chi connectivity index (χ1) is 15.1. The Hall–Kier alpha value is -2.76. The van der Waals surface area contributed by atoms with Gasteiger partial charge in [0.05, 0.1) is 18.4 Å². The SMILES string of the molecule is C[C@@H]1/C=C\C(=O)[C@@H](O)[C@@H](O)C/C=C/c2cc(NOCC(O)CO)cc(O)c2C(=O)O[C@H]1C. The highest BCUT2D eigenvalue weighted by atomic mass is 16.6. The summed E-state index contributed by atoms with van der Waals surface area (Å²) in [5, 5.41) is 48.8. The number of carbonyl (C=O) groups is 2. The predicted molar refractivity (Wildman–Crippen MR) is 115 cm³/mol. The molecule has 10 heteroatoms. The Labute approximate surface area is 185 Å². The van der Waals surface area contributed by atoms with Crippen LogP contribution in [0, 0.1) is 5.92 Å². The second-order valence-electron chi connectivity index (χ2n) is 7.59. The number of benzene rings is 1. The molecule has 0 aliphatic carbocycles. The summed E-state index contributed by atoms with van der Waals surface area (Å²) < 4.78 is 5.45. The first kappa shape index (κ1) is 25.5. The van der Waals surface area contributed by atoms with Crippen LogP contribution in [0.3, 0.4) is 0 Å². The van der Waals surface area contributed by atoms with E-state index in [1.165, 1.54) is 30.4 Å². The third-order valence-corrected chi connectivity index (χ3v) is 4.96. The van der Waals surface area contributed by atoms with E-state index in [0.29, 0.717) is 0 Å². The smallest absolute Gasteiger partial charge is 0.342 e. The van der Waals surface area contributed by atoms with Crippen molar-refractivity contribution >= 4 is 23.5 Å². The summed E-state index contributed by atoms with van der Waals surface area (Å²) in [4.78, 5) is 29.9. The van der Waals surface area contributed by atoms with Crippen LogP contribution < -0.4 is 5.48 Å². The van der Waals surface area contributed by atoms with E-state index in [0.717, 1.165) is 6.08 Å². The number of phenolic OH excluding ortho intramolecular Hbond substituents is 1. The maximum Gasteiger partial charge on any atom is 0.342 e. The van der Waals surface area contributed by atoms with Gasteiger partial charge in [-0.15, -0.1) is 0 Å². The van der Waals surface area contributed by atoms with Crippen molar-refractivity contribution in [1.82, 2.24) is 0 Å². The Morgan fingerprint density at radius 1 is 1.22 bits per heavy atom. The maximum atomic E-state index is 12.8. The lowest BCUT2D eigenvalue weighted by Crippen LogP contribution is -2.32. The molecule has 1 aromatic carbocycles. The van der Waals surface area contributed by atoms with E-state index in [1.54, 1.807) is 13.8 Å². The van der Waals surface area contributed by atoms with Crippen LogP contribution in [-0.2, 0) is 14.4 Å². The summed E-state index contributed by atoms with van der Waals surface area (Å²) in [6, 6.07) is 2.69. The van der Waals surface area contributed by atoms with Gasteiger partial charge in [0, 0.05) is 12.0 Å². The molecule has 0 amide bonds. The van der Waals surface area contributed by atoms with E-state index < -0.39 is 48.5 Å².